The lowest BCUT2D eigenvalue weighted by Gasteiger charge is -2.07. The van der Waals surface area contributed by atoms with Crippen LogP contribution in [0.25, 0.3) is 11.3 Å². The van der Waals surface area contributed by atoms with E-state index in [9.17, 15) is 0 Å². The number of hydrogen-bond acceptors (Lipinski definition) is 3. The van der Waals surface area contributed by atoms with E-state index in [1.807, 2.05) is 37.3 Å². The van der Waals surface area contributed by atoms with E-state index in [0.717, 1.165) is 27.7 Å². The van der Waals surface area contributed by atoms with Crippen LogP contribution in [0.4, 0.5) is 0 Å². The summed E-state index contributed by atoms with van der Waals surface area (Å²) in [6.07, 6.45) is 0. The van der Waals surface area contributed by atoms with E-state index in [0.29, 0.717) is 11.7 Å². The van der Waals surface area contributed by atoms with Gasteiger partial charge in [0.1, 0.15) is 11.5 Å². The molecular formula is C14H16ClN3OS. The number of hydrazine groups is 1. The maximum absolute atomic E-state index is 6.12. The first-order valence-corrected chi connectivity index (χ1v) is 6.94. The zero-order valence-corrected chi connectivity index (χ0v) is 12.9. The van der Waals surface area contributed by atoms with Crippen molar-refractivity contribution in [1.82, 2.24) is 16.2 Å². The van der Waals surface area contributed by atoms with Crippen LogP contribution in [0.3, 0.4) is 0 Å². The molecule has 4 nitrogen and oxygen atoms in total. The Labute approximate surface area is 128 Å². The van der Waals surface area contributed by atoms with Gasteiger partial charge in [-0.25, -0.2) is 5.43 Å². The van der Waals surface area contributed by atoms with Crippen molar-refractivity contribution in [3.05, 3.63) is 46.7 Å². The molecule has 0 radical (unpaired) electrons. The monoisotopic (exact) mass is 309 g/mol. The van der Waals surface area contributed by atoms with E-state index in [2.05, 4.69) is 16.2 Å². The Morgan fingerprint density at radius 2 is 2.10 bits per heavy atom. The van der Waals surface area contributed by atoms with Crippen LogP contribution in [0.15, 0.2) is 34.7 Å². The third-order valence-corrected chi connectivity index (χ3v) is 3.52. The predicted octanol–water partition coefficient (Wildman–Crippen LogP) is 3.01. The van der Waals surface area contributed by atoms with Crippen molar-refractivity contribution in [2.45, 2.75) is 13.5 Å². The quantitative estimate of drug-likeness (QED) is 0.599. The van der Waals surface area contributed by atoms with E-state index in [4.69, 9.17) is 28.2 Å². The van der Waals surface area contributed by atoms with Gasteiger partial charge in [-0.3, -0.25) is 5.43 Å². The summed E-state index contributed by atoms with van der Waals surface area (Å²) in [5.74, 6) is 1.60. The SMILES string of the molecule is CNC(=S)NNCc1ccc(-c2ccc(C)c(Cl)c2)o1. The summed E-state index contributed by atoms with van der Waals surface area (Å²) in [6, 6.07) is 9.71. The van der Waals surface area contributed by atoms with Crippen molar-refractivity contribution < 1.29 is 4.42 Å². The lowest BCUT2D eigenvalue weighted by atomic mass is 10.1. The second kappa shape index (κ2) is 6.74. The fourth-order valence-electron chi connectivity index (χ4n) is 1.65. The zero-order chi connectivity index (χ0) is 14.5. The lowest BCUT2D eigenvalue weighted by Crippen LogP contribution is -2.41. The molecule has 0 unspecified atom stereocenters. The van der Waals surface area contributed by atoms with Crippen LogP contribution < -0.4 is 16.2 Å². The van der Waals surface area contributed by atoms with Crippen LogP contribution in [0, 0.1) is 6.92 Å². The Morgan fingerprint density at radius 3 is 2.80 bits per heavy atom. The highest BCUT2D eigenvalue weighted by Gasteiger charge is 2.06. The minimum Gasteiger partial charge on any atom is -0.460 e. The van der Waals surface area contributed by atoms with Crippen molar-refractivity contribution in [2.24, 2.45) is 0 Å². The first kappa shape index (κ1) is 14.8. The summed E-state index contributed by atoms with van der Waals surface area (Å²) in [7, 11) is 1.75. The van der Waals surface area contributed by atoms with E-state index in [1.165, 1.54) is 0 Å². The van der Waals surface area contributed by atoms with Gasteiger partial charge in [0.25, 0.3) is 0 Å². The number of halogens is 1. The molecule has 1 aromatic heterocycles. The molecule has 0 saturated heterocycles. The molecule has 0 atom stereocenters. The normalized spacial score (nSPS) is 10.3. The van der Waals surface area contributed by atoms with Gasteiger partial charge in [0.2, 0.25) is 0 Å². The molecule has 0 saturated carbocycles. The maximum atomic E-state index is 6.12. The molecule has 0 aliphatic heterocycles. The Morgan fingerprint density at radius 1 is 1.30 bits per heavy atom. The number of nitrogens with one attached hydrogen (secondary N) is 3. The average Bonchev–Trinajstić information content (AvgIpc) is 2.90. The fraction of sp³-hybridized carbons (Fsp3) is 0.214. The highest BCUT2D eigenvalue weighted by Crippen LogP contribution is 2.26. The zero-order valence-electron chi connectivity index (χ0n) is 11.3. The molecule has 0 aliphatic carbocycles. The van der Waals surface area contributed by atoms with E-state index in [1.54, 1.807) is 7.05 Å². The second-order valence-corrected chi connectivity index (χ2v) is 5.10. The molecule has 2 aromatic rings. The fourth-order valence-corrected chi connectivity index (χ4v) is 1.90. The van der Waals surface area contributed by atoms with Crippen LogP contribution in [0.5, 0.6) is 0 Å². The number of rotatable bonds is 4. The van der Waals surface area contributed by atoms with Crippen molar-refractivity contribution >= 4 is 28.9 Å². The van der Waals surface area contributed by atoms with Gasteiger partial charge in [-0.15, -0.1) is 0 Å². The van der Waals surface area contributed by atoms with Crippen LogP contribution in [0.1, 0.15) is 11.3 Å². The molecule has 0 amide bonds. The number of hydrogen-bond donors (Lipinski definition) is 3. The highest BCUT2D eigenvalue weighted by molar-refractivity contribution is 7.80. The predicted molar refractivity (Wildman–Crippen MR) is 85.5 cm³/mol. The topological polar surface area (TPSA) is 49.2 Å². The number of furan rings is 1. The minimum atomic E-state index is 0.529. The summed E-state index contributed by atoms with van der Waals surface area (Å²) in [5.41, 5.74) is 7.81. The van der Waals surface area contributed by atoms with Gasteiger partial charge < -0.3 is 9.73 Å². The van der Waals surface area contributed by atoms with E-state index in [-0.39, 0.29) is 0 Å². The molecule has 3 N–H and O–H groups in total. The van der Waals surface area contributed by atoms with Crippen molar-refractivity contribution in [3.8, 4) is 11.3 Å². The van der Waals surface area contributed by atoms with Crippen molar-refractivity contribution in [1.29, 1.82) is 0 Å². The molecule has 2 rings (SSSR count). The smallest absolute Gasteiger partial charge is 0.180 e. The van der Waals surface area contributed by atoms with Crippen LogP contribution in [-0.2, 0) is 6.54 Å². The molecule has 1 heterocycles. The molecule has 0 spiro atoms. The minimum absolute atomic E-state index is 0.529. The van der Waals surface area contributed by atoms with Gasteiger partial charge in [-0.05, 0) is 42.9 Å². The Bertz CT molecular complexity index is 612. The van der Waals surface area contributed by atoms with Crippen LogP contribution >= 0.6 is 23.8 Å². The van der Waals surface area contributed by atoms with E-state index < -0.39 is 0 Å². The van der Waals surface area contributed by atoms with E-state index >= 15 is 0 Å². The van der Waals surface area contributed by atoms with Gasteiger partial charge in [-0.2, -0.15) is 0 Å². The Balaban J connectivity index is 2.01. The number of thiocarbonyl (C=S) groups is 1. The second-order valence-electron chi connectivity index (χ2n) is 4.29. The van der Waals surface area contributed by atoms with Gasteiger partial charge in [0.15, 0.2) is 5.11 Å². The summed E-state index contributed by atoms with van der Waals surface area (Å²) >= 11 is 11.1. The number of aryl methyl sites for hydroxylation is 1. The maximum Gasteiger partial charge on any atom is 0.180 e. The summed E-state index contributed by atoms with van der Waals surface area (Å²) in [6.45, 7) is 2.50. The molecule has 1 aromatic carbocycles. The molecule has 0 aliphatic rings. The average molecular weight is 310 g/mol. The molecule has 0 fully saturated rings. The largest absolute Gasteiger partial charge is 0.460 e. The standard InChI is InChI=1S/C14H16ClN3OS/c1-9-3-4-10(7-12(9)15)13-6-5-11(19-13)8-17-18-14(20)16-2/h3-7,17H,8H2,1-2H3,(H2,16,18,20). The summed E-state index contributed by atoms with van der Waals surface area (Å²) in [5, 5.41) is 4.07. The van der Waals surface area contributed by atoms with Gasteiger partial charge in [0, 0.05) is 17.6 Å². The first-order chi connectivity index (χ1) is 9.60. The molecular weight excluding hydrogens is 294 g/mol. The molecule has 6 heteroatoms. The van der Waals surface area contributed by atoms with Crippen molar-refractivity contribution in [2.75, 3.05) is 7.05 Å². The molecule has 0 bridgehead atoms. The number of benzene rings is 1. The highest BCUT2D eigenvalue weighted by atomic mass is 35.5. The summed E-state index contributed by atoms with van der Waals surface area (Å²) < 4.78 is 5.76. The van der Waals surface area contributed by atoms with Crippen molar-refractivity contribution in [3.63, 3.8) is 0 Å². The summed E-state index contributed by atoms with van der Waals surface area (Å²) in [4.78, 5) is 0. The lowest BCUT2D eigenvalue weighted by molar-refractivity contribution is 0.484. The Kier molecular flexibility index (Phi) is 5.00. The molecule has 106 valence electrons. The third kappa shape index (κ3) is 3.72. The van der Waals surface area contributed by atoms with Gasteiger partial charge in [-0.1, -0.05) is 23.7 Å². The van der Waals surface area contributed by atoms with Gasteiger partial charge in [0.05, 0.1) is 6.54 Å². The first-order valence-electron chi connectivity index (χ1n) is 6.16. The Hall–Kier alpha value is -1.56. The van der Waals surface area contributed by atoms with Crippen LogP contribution in [0.2, 0.25) is 5.02 Å². The van der Waals surface area contributed by atoms with Gasteiger partial charge >= 0.3 is 0 Å². The van der Waals surface area contributed by atoms with Crippen LogP contribution in [-0.4, -0.2) is 12.2 Å². The molecule has 20 heavy (non-hydrogen) atoms. The third-order valence-electron chi connectivity index (χ3n) is 2.81.